The molecule has 0 unspecified atom stereocenters. The van der Waals surface area contributed by atoms with Gasteiger partial charge < -0.3 is 10.1 Å². The second-order valence-electron chi connectivity index (χ2n) is 7.07. The van der Waals surface area contributed by atoms with Gasteiger partial charge in [-0.3, -0.25) is 0 Å². The Morgan fingerprint density at radius 2 is 1.46 bits per heavy atom. The van der Waals surface area contributed by atoms with Gasteiger partial charge in [-0.15, -0.1) is 0 Å². The first kappa shape index (κ1) is 18.3. The topological polar surface area (TPSA) is 21.3 Å². The van der Waals surface area contributed by atoms with Gasteiger partial charge in [0.25, 0.3) is 0 Å². The standard InChI is InChI=1S/C26H25NO/c1-20-9-5-6-13-23(20)19-28-26-16-15-22-12-7-8-14-24(22)25(26)18-27-17-21-10-3-2-4-11-21/h2-16,27H,17-19H2,1H3. The van der Waals surface area contributed by atoms with E-state index in [1.807, 2.05) is 6.07 Å². The van der Waals surface area contributed by atoms with Crippen LogP contribution in [0.2, 0.25) is 0 Å². The maximum atomic E-state index is 6.27. The number of ether oxygens (including phenoxy) is 1. The molecule has 0 aliphatic rings. The first-order chi connectivity index (χ1) is 13.8. The van der Waals surface area contributed by atoms with Gasteiger partial charge in [-0.1, -0.05) is 84.9 Å². The lowest BCUT2D eigenvalue weighted by Crippen LogP contribution is -2.14. The van der Waals surface area contributed by atoms with Gasteiger partial charge in [-0.2, -0.15) is 0 Å². The monoisotopic (exact) mass is 367 g/mol. The highest BCUT2D eigenvalue weighted by Crippen LogP contribution is 2.29. The Labute approximate surface area is 166 Å². The highest BCUT2D eigenvalue weighted by atomic mass is 16.5. The smallest absolute Gasteiger partial charge is 0.124 e. The van der Waals surface area contributed by atoms with Crippen molar-refractivity contribution in [3.8, 4) is 5.75 Å². The largest absolute Gasteiger partial charge is 0.489 e. The van der Waals surface area contributed by atoms with Gasteiger partial charge in [0, 0.05) is 18.7 Å². The third-order valence-electron chi connectivity index (χ3n) is 5.12. The molecule has 0 aliphatic carbocycles. The molecule has 0 atom stereocenters. The Hall–Kier alpha value is -3.10. The number of aryl methyl sites for hydroxylation is 1. The van der Waals surface area contributed by atoms with Crippen LogP contribution in [0.1, 0.15) is 22.3 Å². The van der Waals surface area contributed by atoms with E-state index in [9.17, 15) is 0 Å². The highest BCUT2D eigenvalue weighted by Gasteiger charge is 2.10. The van der Waals surface area contributed by atoms with Crippen LogP contribution in [0.5, 0.6) is 5.75 Å². The van der Waals surface area contributed by atoms with Crippen LogP contribution in [-0.2, 0) is 19.7 Å². The zero-order valence-electron chi connectivity index (χ0n) is 16.2. The molecule has 4 rings (SSSR count). The van der Waals surface area contributed by atoms with Crippen LogP contribution in [0, 0.1) is 6.92 Å². The van der Waals surface area contributed by atoms with Gasteiger partial charge >= 0.3 is 0 Å². The molecule has 0 saturated heterocycles. The summed E-state index contributed by atoms with van der Waals surface area (Å²) < 4.78 is 6.27. The Bertz CT molecular complexity index is 1060. The maximum Gasteiger partial charge on any atom is 0.124 e. The fraction of sp³-hybridized carbons (Fsp3) is 0.154. The summed E-state index contributed by atoms with van der Waals surface area (Å²) in [6.45, 7) is 4.30. The van der Waals surface area contributed by atoms with E-state index in [1.165, 1.54) is 33.0 Å². The summed E-state index contributed by atoms with van der Waals surface area (Å²) in [6.07, 6.45) is 0. The first-order valence-corrected chi connectivity index (χ1v) is 9.74. The fourth-order valence-corrected chi connectivity index (χ4v) is 3.49. The molecule has 0 aromatic heterocycles. The van der Waals surface area contributed by atoms with Crippen LogP contribution in [0.25, 0.3) is 10.8 Å². The summed E-state index contributed by atoms with van der Waals surface area (Å²) in [7, 11) is 0. The third-order valence-corrected chi connectivity index (χ3v) is 5.12. The minimum absolute atomic E-state index is 0.580. The van der Waals surface area contributed by atoms with Crippen LogP contribution >= 0.6 is 0 Å². The van der Waals surface area contributed by atoms with Crippen molar-refractivity contribution in [3.63, 3.8) is 0 Å². The highest BCUT2D eigenvalue weighted by molar-refractivity contribution is 5.87. The molecule has 4 aromatic rings. The number of fused-ring (bicyclic) bond motifs is 1. The van der Waals surface area contributed by atoms with E-state index < -0.39 is 0 Å². The minimum Gasteiger partial charge on any atom is -0.489 e. The van der Waals surface area contributed by atoms with Gasteiger partial charge in [0.15, 0.2) is 0 Å². The van der Waals surface area contributed by atoms with Gasteiger partial charge in [0.05, 0.1) is 0 Å². The fourth-order valence-electron chi connectivity index (χ4n) is 3.49. The van der Waals surface area contributed by atoms with E-state index >= 15 is 0 Å². The molecule has 0 bridgehead atoms. The quantitative estimate of drug-likeness (QED) is 0.431. The SMILES string of the molecule is Cc1ccccc1COc1ccc2ccccc2c1CNCc1ccccc1. The minimum atomic E-state index is 0.580. The van der Waals surface area contributed by atoms with Crippen molar-refractivity contribution in [2.24, 2.45) is 0 Å². The average Bonchev–Trinajstić information content (AvgIpc) is 2.74. The number of nitrogens with one attached hydrogen (secondary N) is 1. The molecule has 0 aliphatic heterocycles. The van der Waals surface area contributed by atoms with Crippen LogP contribution in [0.4, 0.5) is 0 Å². The summed E-state index contributed by atoms with van der Waals surface area (Å²) >= 11 is 0. The Kier molecular flexibility index (Phi) is 5.69. The predicted molar refractivity (Wildman–Crippen MR) is 116 cm³/mol. The first-order valence-electron chi connectivity index (χ1n) is 9.74. The number of rotatable bonds is 7. The molecule has 0 amide bonds. The molecule has 4 aromatic carbocycles. The van der Waals surface area contributed by atoms with Crippen molar-refractivity contribution in [2.75, 3.05) is 0 Å². The summed E-state index contributed by atoms with van der Waals surface area (Å²) in [5.74, 6) is 0.947. The van der Waals surface area contributed by atoms with Crippen molar-refractivity contribution in [1.82, 2.24) is 5.32 Å². The van der Waals surface area contributed by atoms with Crippen molar-refractivity contribution < 1.29 is 4.74 Å². The molecule has 140 valence electrons. The van der Waals surface area contributed by atoms with E-state index in [2.05, 4.69) is 97.2 Å². The summed E-state index contributed by atoms with van der Waals surface area (Å²) in [5, 5.41) is 6.06. The molecule has 0 radical (unpaired) electrons. The van der Waals surface area contributed by atoms with Gasteiger partial charge in [-0.05, 0) is 40.5 Å². The summed E-state index contributed by atoms with van der Waals surface area (Å²) in [5.41, 5.74) is 4.97. The van der Waals surface area contributed by atoms with Gasteiger partial charge in [0.1, 0.15) is 12.4 Å². The predicted octanol–water partition coefficient (Wildman–Crippen LogP) is 6.02. The molecule has 1 N–H and O–H groups in total. The molecular weight excluding hydrogens is 342 g/mol. The second kappa shape index (κ2) is 8.73. The molecule has 28 heavy (non-hydrogen) atoms. The van der Waals surface area contributed by atoms with Crippen molar-refractivity contribution >= 4 is 10.8 Å². The normalized spacial score (nSPS) is 10.9. The van der Waals surface area contributed by atoms with Crippen LogP contribution in [0.15, 0.2) is 91.0 Å². The molecule has 2 nitrogen and oxygen atoms in total. The van der Waals surface area contributed by atoms with Crippen molar-refractivity contribution in [2.45, 2.75) is 26.6 Å². The molecule has 0 spiro atoms. The summed E-state index contributed by atoms with van der Waals surface area (Å²) in [4.78, 5) is 0. The van der Waals surface area contributed by atoms with Crippen LogP contribution in [-0.4, -0.2) is 0 Å². The number of benzene rings is 4. The lowest BCUT2D eigenvalue weighted by atomic mass is 10.0. The zero-order chi connectivity index (χ0) is 19.2. The summed E-state index contributed by atoms with van der Waals surface area (Å²) in [6, 6.07) is 31.6. The van der Waals surface area contributed by atoms with Crippen molar-refractivity contribution in [3.05, 3.63) is 113 Å². The zero-order valence-corrected chi connectivity index (χ0v) is 16.2. The lowest BCUT2D eigenvalue weighted by molar-refractivity contribution is 0.302. The molecule has 0 heterocycles. The molecule has 0 saturated carbocycles. The molecule has 2 heteroatoms. The lowest BCUT2D eigenvalue weighted by Gasteiger charge is -2.16. The second-order valence-corrected chi connectivity index (χ2v) is 7.07. The maximum absolute atomic E-state index is 6.27. The molecule has 0 fully saturated rings. The third kappa shape index (κ3) is 4.24. The number of hydrogen-bond donors (Lipinski definition) is 1. The van der Waals surface area contributed by atoms with E-state index in [4.69, 9.17) is 4.74 Å². The Balaban J connectivity index is 1.56. The van der Waals surface area contributed by atoms with Gasteiger partial charge in [0.2, 0.25) is 0 Å². The Morgan fingerprint density at radius 3 is 2.32 bits per heavy atom. The van der Waals surface area contributed by atoms with Crippen LogP contribution < -0.4 is 10.1 Å². The van der Waals surface area contributed by atoms with E-state index in [1.54, 1.807) is 0 Å². The van der Waals surface area contributed by atoms with E-state index in [-0.39, 0.29) is 0 Å². The van der Waals surface area contributed by atoms with E-state index in [0.29, 0.717) is 6.61 Å². The number of hydrogen-bond acceptors (Lipinski definition) is 2. The van der Waals surface area contributed by atoms with E-state index in [0.717, 1.165) is 18.8 Å². The van der Waals surface area contributed by atoms with Crippen LogP contribution in [0.3, 0.4) is 0 Å². The Morgan fingerprint density at radius 1 is 0.714 bits per heavy atom. The van der Waals surface area contributed by atoms with Crippen molar-refractivity contribution in [1.29, 1.82) is 0 Å². The van der Waals surface area contributed by atoms with Gasteiger partial charge in [-0.25, -0.2) is 0 Å². The molecular formula is C26H25NO. The average molecular weight is 367 g/mol.